The lowest BCUT2D eigenvalue weighted by atomic mass is 9.93. The second-order valence-electron chi connectivity index (χ2n) is 8.23. The van der Waals surface area contributed by atoms with Crippen LogP contribution in [0.5, 0.6) is 0 Å². The summed E-state index contributed by atoms with van der Waals surface area (Å²) in [6.07, 6.45) is -0.748. The number of carbonyl (C=O) groups excluding carboxylic acids is 2. The van der Waals surface area contributed by atoms with Crippen LogP contribution in [0.2, 0.25) is 5.02 Å². The smallest absolute Gasteiger partial charge is 0.328 e. The van der Waals surface area contributed by atoms with E-state index >= 15 is 0 Å². The van der Waals surface area contributed by atoms with Crippen molar-refractivity contribution >= 4 is 29.4 Å². The number of halogens is 1. The Morgan fingerprint density at radius 2 is 1.79 bits per heavy atom. The number of aliphatic hydroxyl groups is 1. The van der Waals surface area contributed by atoms with Crippen LogP contribution < -0.4 is 16.0 Å². The van der Waals surface area contributed by atoms with Crippen LogP contribution in [-0.2, 0) is 27.3 Å². The maximum atomic E-state index is 12.8. The summed E-state index contributed by atoms with van der Waals surface area (Å²) in [5, 5.41) is 27.9. The van der Waals surface area contributed by atoms with Gasteiger partial charge in [0.15, 0.2) is 6.04 Å². The highest BCUT2D eigenvalue weighted by Crippen LogP contribution is 2.22. The molecule has 0 saturated heterocycles. The first kappa shape index (κ1) is 24.7. The minimum atomic E-state index is -1.41. The van der Waals surface area contributed by atoms with E-state index in [0.717, 1.165) is 11.1 Å². The van der Waals surface area contributed by atoms with Gasteiger partial charge in [0, 0.05) is 30.5 Å². The normalized spacial score (nSPS) is 17.8. The van der Waals surface area contributed by atoms with E-state index in [4.69, 9.17) is 11.6 Å². The first-order valence-corrected chi connectivity index (χ1v) is 11.2. The van der Waals surface area contributed by atoms with E-state index in [9.17, 15) is 24.6 Å². The number of hydrogen-bond donors (Lipinski definition) is 5. The molecule has 1 aliphatic heterocycles. The molecule has 0 aromatic heterocycles. The molecule has 8 nitrogen and oxygen atoms in total. The van der Waals surface area contributed by atoms with E-state index in [-0.39, 0.29) is 24.9 Å². The molecule has 33 heavy (non-hydrogen) atoms. The molecule has 0 spiro atoms. The second kappa shape index (κ2) is 11.3. The zero-order chi connectivity index (χ0) is 24.0. The van der Waals surface area contributed by atoms with Crippen LogP contribution in [0.1, 0.15) is 36.0 Å². The highest BCUT2D eigenvalue weighted by Gasteiger charge is 2.28. The quantitative estimate of drug-likeness (QED) is 0.376. The summed E-state index contributed by atoms with van der Waals surface area (Å²) in [5.74, 6) is -2.44. The van der Waals surface area contributed by atoms with Crippen LogP contribution in [0.15, 0.2) is 48.5 Å². The Morgan fingerprint density at radius 1 is 1.12 bits per heavy atom. The molecule has 0 fully saturated rings. The zero-order valence-corrected chi connectivity index (χ0v) is 19.0. The fourth-order valence-electron chi connectivity index (χ4n) is 3.87. The Bertz CT molecular complexity index is 996. The van der Waals surface area contributed by atoms with Crippen molar-refractivity contribution in [1.29, 1.82) is 0 Å². The molecule has 3 rings (SSSR count). The minimum absolute atomic E-state index is 0.0701. The molecule has 1 aliphatic rings. The number of nitrogens with one attached hydrogen (secondary N) is 3. The molecule has 4 atom stereocenters. The predicted molar refractivity (Wildman–Crippen MR) is 124 cm³/mol. The van der Waals surface area contributed by atoms with Crippen molar-refractivity contribution in [3.05, 3.63) is 70.2 Å². The third-order valence-electron chi connectivity index (χ3n) is 5.76. The molecule has 0 aliphatic carbocycles. The number of amides is 2. The SMILES string of the molecule is C[C@@H](O)[C@@H](NC(=O)C[C@@H](CNC(=O)[C@@H]1Cc2ccccc2CN1)c1ccc(Cl)cc1)C(=O)O. The van der Waals surface area contributed by atoms with Crippen molar-refractivity contribution in [2.75, 3.05) is 6.54 Å². The van der Waals surface area contributed by atoms with Gasteiger partial charge >= 0.3 is 5.97 Å². The fraction of sp³-hybridized carbons (Fsp3) is 0.375. The van der Waals surface area contributed by atoms with Gasteiger partial charge in [-0.25, -0.2) is 4.79 Å². The lowest BCUT2D eigenvalue weighted by Gasteiger charge is -2.26. The predicted octanol–water partition coefficient (Wildman–Crippen LogP) is 1.59. The highest BCUT2D eigenvalue weighted by atomic mass is 35.5. The monoisotopic (exact) mass is 473 g/mol. The summed E-state index contributed by atoms with van der Waals surface area (Å²) in [4.78, 5) is 36.7. The molecule has 0 bridgehead atoms. The van der Waals surface area contributed by atoms with E-state index in [1.54, 1.807) is 24.3 Å². The van der Waals surface area contributed by atoms with Gasteiger partial charge < -0.3 is 26.2 Å². The van der Waals surface area contributed by atoms with Crippen molar-refractivity contribution in [2.45, 2.75) is 50.4 Å². The van der Waals surface area contributed by atoms with Gasteiger partial charge in [0.05, 0.1) is 12.1 Å². The number of rotatable bonds is 9. The van der Waals surface area contributed by atoms with Crippen molar-refractivity contribution in [2.24, 2.45) is 0 Å². The van der Waals surface area contributed by atoms with Crippen molar-refractivity contribution in [1.82, 2.24) is 16.0 Å². The van der Waals surface area contributed by atoms with Gasteiger partial charge in [-0.1, -0.05) is 48.0 Å². The molecule has 2 amide bonds. The van der Waals surface area contributed by atoms with E-state index < -0.39 is 29.9 Å². The average Bonchev–Trinajstić information content (AvgIpc) is 2.79. The summed E-state index contributed by atoms with van der Waals surface area (Å²) in [6.45, 7) is 2.08. The Labute approximate surface area is 197 Å². The van der Waals surface area contributed by atoms with Crippen molar-refractivity contribution in [3.8, 4) is 0 Å². The summed E-state index contributed by atoms with van der Waals surface area (Å²) in [5.41, 5.74) is 3.08. The van der Waals surface area contributed by atoms with Gasteiger partial charge in [-0.05, 0) is 42.2 Å². The summed E-state index contributed by atoms with van der Waals surface area (Å²) in [6, 6.07) is 13.1. The van der Waals surface area contributed by atoms with Crippen molar-refractivity contribution in [3.63, 3.8) is 0 Å². The Balaban J connectivity index is 1.66. The molecule has 0 unspecified atom stereocenters. The van der Waals surface area contributed by atoms with Gasteiger partial charge in [-0.2, -0.15) is 0 Å². The number of aliphatic hydroxyl groups excluding tert-OH is 1. The first-order valence-electron chi connectivity index (χ1n) is 10.8. The largest absolute Gasteiger partial charge is 0.480 e. The lowest BCUT2D eigenvalue weighted by Crippen LogP contribution is -2.49. The molecule has 176 valence electrons. The molecule has 2 aromatic rings. The van der Waals surface area contributed by atoms with Crippen molar-refractivity contribution < 1.29 is 24.6 Å². The van der Waals surface area contributed by atoms with Gasteiger partial charge in [0.1, 0.15) is 0 Å². The minimum Gasteiger partial charge on any atom is -0.480 e. The van der Waals surface area contributed by atoms with Crippen LogP contribution in [0, 0.1) is 0 Å². The lowest BCUT2D eigenvalue weighted by molar-refractivity contribution is -0.144. The highest BCUT2D eigenvalue weighted by molar-refractivity contribution is 6.30. The molecule has 0 radical (unpaired) electrons. The molecule has 2 aromatic carbocycles. The zero-order valence-electron chi connectivity index (χ0n) is 18.3. The summed E-state index contributed by atoms with van der Waals surface area (Å²) < 4.78 is 0. The number of fused-ring (bicyclic) bond motifs is 1. The van der Waals surface area contributed by atoms with E-state index in [1.165, 1.54) is 12.5 Å². The number of carboxylic acids is 1. The Hall–Kier alpha value is -2.94. The standard InChI is InChI=1S/C24H28ClN3O5/c1-14(29)22(24(32)33)28-21(30)11-18(15-6-8-19(25)9-7-15)13-27-23(31)20-10-16-4-2-3-5-17(16)12-26-20/h2-9,14,18,20,22,26,29H,10-13H2,1H3,(H,27,31)(H,28,30)(H,32,33)/t14-,18+,20+,22-/m1/s1. The third-order valence-corrected chi connectivity index (χ3v) is 6.01. The van der Waals surface area contributed by atoms with Gasteiger partial charge in [-0.3, -0.25) is 9.59 Å². The number of hydrogen-bond acceptors (Lipinski definition) is 5. The van der Waals surface area contributed by atoms with Gasteiger partial charge in [0.25, 0.3) is 0 Å². The number of carbonyl (C=O) groups is 3. The molecule has 5 N–H and O–H groups in total. The Morgan fingerprint density at radius 3 is 2.42 bits per heavy atom. The van der Waals surface area contributed by atoms with E-state index in [2.05, 4.69) is 16.0 Å². The second-order valence-corrected chi connectivity index (χ2v) is 8.66. The maximum absolute atomic E-state index is 12.8. The van der Waals surface area contributed by atoms with Crippen LogP contribution in [-0.4, -0.2) is 52.7 Å². The van der Waals surface area contributed by atoms with Crippen LogP contribution in [0.25, 0.3) is 0 Å². The van der Waals surface area contributed by atoms with Crippen LogP contribution >= 0.6 is 11.6 Å². The van der Waals surface area contributed by atoms with Crippen LogP contribution in [0.4, 0.5) is 0 Å². The summed E-state index contributed by atoms with van der Waals surface area (Å²) in [7, 11) is 0. The van der Waals surface area contributed by atoms with Crippen LogP contribution in [0.3, 0.4) is 0 Å². The Kier molecular flexibility index (Phi) is 8.43. The maximum Gasteiger partial charge on any atom is 0.328 e. The summed E-state index contributed by atoms with van der Waals surface area (Å²) >= 11 is 5.98. The molecule has 0 saturated carbocycles. The van der Waals surface area contributed by atoms with E-state index in [1.807, 2.05) is 24.3 Å². The van der Waals surface area contributed by atoms with E-state index in [0.29, 0.717) is 18.0 Å². The fourth-order valence-corrected chi connectivity index (χ4v) is 4.00. The third kappa shape index (κ3) is 6.77. The molecular weight excluding hydrogens is 446 g/mol. The van der Waals surface area contributed by atoms with Gasteiger partial charge in [0.2, 0.25) is 11.8 Å². The molecule has 9 heteroatoms. The number of carboxylic acid groups (broad SMARTS) is 1. The van der Waals surface area contributed by atoms with Gasteiger partial charge in [-0.15, -0.1) is 0 Å². The average molecular weight is 474 g/mol. The number of benzene rings is 2. The first-order chi connectivity index (χ1) is 15.7. The molecular formula is C24H28ClN3O5. The topological polar surface area (TPSA) is 128 Å². The molecule has 1 heterocycles. The number of aliphatic carboxylic acids is 1.